The molecule has 1 aromatic carbocycles. The molecule has 10 heteroatoms. The van der Waals surface area contributed by atoms with Crippen molar-refractivity contribution in [2.24, 2.45) is 0 Å². The lowest BCUT2D eigenvalue weighted by Gasteiger charge is -2.40. The highest BCUT2D eigenvalue weighted by Crippen LogP contribution is 2.38. The van der Waals surface area contributed by atoms with Crippen LogP contribution in [0.4, 0.5) is 0 Å². The van der Waals surface area contributed by atoms with Gasteiger partial charge in [-0.05, 0) is 25.0 Å². The van der Waals surface area contributed by atoms with Gasteiger partial charge in [-0.15, -0.1) is 0 Å². The fraction of sp³-hybridized carbons (Fsp3) is 0.471. The Bertz CT molecular complexity index is 787. The third-order valence-corrected chi connectivity index (χ3v) is 4.70. The Morgan fingerprint density at radius 1 is 1.26 bits per heavy atom. The summed E-state index contributed by atoms with van der Waals surface area (Å²) in [5.41, 5.74) is 0.304. The molecular formula is C17H21BNO8-. The predicted octanol–water partition coefficient (Wildman–Crippen LogP) is 0.202. The molecule has 146 valence electrons. The average molecular weight is 378 g/mol. The minimum absolute atomic E-state index is 0.00772. The fourth-order valence-corrected chi connectivity index (χ4v) is 3.17. The molecule has 0 aliphatic carbocycles. The Balaban J connectivity index is 1.69. The number of hydrogen-bond acceptors (Lipinski definition) is 7. The van der Waals surface area contributed by atoms with Gasteiger partial charge in [0.1, 0.15) is 23.2 Å². The maximum absolute atomic E-state index is 11.9. The van der Waals surface area contributed by atoms with Crippen LogP contribution in [0.5, 0.6) is 11.5 Å². The third-order valence-electron chi connectivity index (χ3n) is 4.70. The van der Waals surface area contributed by atoms with Gasteiger partial charge in [0.25, 0.3) is 0 Å². The van der Waals surface area contributed by atoms with E-state index in [0.717, 1.165) is 0 Å². The van der Waals surface area contributed by atoms with Crippen LogP contribution in [-0.2, 0) is 16.0 Å². The molecule has 2 aliphatic rings. The summed E-state index contributed by atoms with van der Waals surface area (Å²) in [7, 11) is 0. The number of nitrogens with zero attached hydrogens (tertiary/aromatic N) is 1. The van der Waals surface area contributed by atoms with Gasteiger partial charge in [0.05, 0.1) is 18.8 Å². The monoisotopic (exact) mass is 378 g/mol. The topological polar surface area (TPSA) is 134 Å². The van der Waals surface area contributed by atoms with Crippen molar-refractivity contribution in [2.75, 3.05) is 13.1 Å². The number of carboxylic acids is 1. The van der Waals surface area contributed by atoms with E-state index in [9.17, 15) is 29.5 Å². The van der Waals surface area contributed by atoms with Crippen molar-refractivity contribution in [1.29, 1.82) is 0 Å². The third kappa shape index (κ3) is 4.22. The van der Waals surface area contributed by atoms with Gasteiger partial charge in [-0.3, -0.25) is 4.79 Å². The molecule has 0 radical (unpaired) electrons. The molecule has 0 aromatic heterocycles. The van der Waals surface area contributed by atoms with Gasteiger partial charge in [-0.1, -0.05) is 12.4 Å². The van der Waals surface area contributed by atoms with E-state index in [2.05, 4.69) is 0 Å². The minimum atomic E-state index is -3.10. The zero-order chi connectivity index (χ0) is 19.8. The Hall–Kier alpha value is -2.59. The summed E-state index contributed by atoms with van der Waals surface area (Å²) in [6.45, 7) is -1.08. The van der Waals surface area contributed by atoms with Gasteiger partial charge in [0, 0.05) is 12.8 Å². The number of aromatic carboxylic acids is 1. The molecule has 2 aliphatic heterocycles. The van der Waals surface area contributed by atoms with Crippen molar-refractivity contribution < 1.29 is 38.9 Å². The number of ketones is 1. The predicted molar refractivity (Wildman–Crippen MR) is 93.6 cm³/mol. The van der Waals surface area contributed by atoms with Crippen LogP contribution in [0.25, 0.3) is 0 Å². The van der Waals surface area contributed by atoms with E-state index in [1.807, 2.05) is 0 Å². The molecule has 1 amide bonds. The number of benzene rings is 1. The first kappa shape index (κ1) is 19.2. The number of amides is 1. The van der Waals surface area contributed by atoms with Gasteiger partial charge < -0.3 is 34.2 Å². The SMILES string of the molecule is CC(=O)CCC(=O)N1CC(Oc2ccc3c(c2C(=O)O)O[B-](O)(O)CC3)C1. The van der Waals surface area contributed by atoms with Gasteiger partial charge in [0.15, 0.2) is 0 Å². The number of likely N-dealkylation sites (tertiary alicyclic amines) is 1. The normalized spacial score (nSPS) is 18.1. The van der Waals surface area contributed by atoms with E-state index in [-0.39, 0.29) is 60.4 Å². The highest BCUT2D eigenvalue weighted by molar-refractivity contribution is 6.59. The van der Waals surface area contributed by atoms with Crippen LogP contribution in [0.2, 0.25) is 6.32 Å². The lowest BCUT2D eigenvalue weighted by atomic mass is 9.70. The first-order chi connectivity index (χ1) is 12.7. The molecule has 2 heterocycles. The van der Waals surface area contributed by atoms with Crippen molar-refractivity contribution in [1.82, 2.24) is 4.90 Å². The second-order valence-corrected chi connectivity index (χ2v) is 6.99. The van der Waals surface area contributed by atoms with Crippen molar-refractivity contribution in [3.63, 3.8) is 0 Å². The van der Waals surface area contributed by atoms with Crippen molar-refractivity contribution in [3.05, 3.63) is 23.3 Å². The van der Waals surface area contributed by atoms with Crippen molar-refractivity contribution >= 4 is 24.4 Å². The second kappa shape index (κ2) is 7.20. The number of rotatable bonds is 6. The molecule has 1 aromatic rings. The first-order valence-corrected chi connectivity index (χ1v) is 8.78. The lowest BCUT2D eigenvalue weighted by molar-refractivity contribution is -0.141. The van der Waals surface area contributed by atoms with Crippen LogP contribution >= 0.6 is 0 Å². The number of Topliss-reactive ketones (excluding diaryl/α,β-unsaturated/α-hetero) is 1. The average Bonchev–Trinajstić information content (AvgIpc) is 2.53. The highest BCUT2D eigenvalue weighted by Gasteiger charge is 2.36. The van der Waals surface area contributed by atoms with Gasteiger partial charge >= 0.3 is 12.7 Å². The summed E-state index contributed by atoms with van der Waals surface area (Å²) in [6, 6.07) is 3.15. The number of ether oxygens (including phenoxy) is 1. The highest BCUT2D eigenvalue weighted by atomic mass is 16.6. The standard InChI is InChI=1S/C17H21BNO8/c1-10(20)2-5-14(21)19-8-12(9-19)26-13-4-3-11-6-7-18(24,25)27-16(11)15(13)17(22)23/h3-4,12,24-25H,2,5-9H2,1H3,(H,22,23)/q-1. The summed E-state index contributed by atoms with van der Waals surface area (Å²) in [6.07, 6.45) is 0.228. The number of carbonyl (C=O) groups excluding carboxylic acids is 2. The lowest BCUT2D eigenvalue weighted by Crippen LogP contribution is -2.56. The maximum atomic E-state index is 11.9. The molecule has 9 nitrogen and oxygen atoms in total. The Morgan fingerprint density at radius 3 is 2.59 bits per heavy atom. The molecule has 0 saturated carbocycles. The quantitative estimate of drug-likeness (QED) is 0.598. The number of carbonyl (C=O) groups is 3. The van der Waals surface area contributed by atoms with Crippen LogP contribution in [0.1, 0.15) is 35.7 Å². The van der Waals surface area contributed by atoms with E-state index < -0.39 is 12.7 Å². The molecule has 27 heavy (non-hydrogen) atoms. The Kier molecular flexibility index (Phi) is 5.12. The van der Waals surface area contributed by atoms with Crippen molar-refractivity contribution in [3.8, 4) is 11.5 Å². The summed E-state index contributed by atoms with van der Waals surface area (Å²) in [5, 5.41) is 29.0. The number of hydrogen-bond donors (Lipinski definition) is 3. The molecule has 0 bridgehead atoms. The number of fused-ring (bicyclic) bond motifs is 1. The molecule has 0 atom stereocenters. The van der Waals surface area contributed by atoms with E-state index in [1.165, 1.54) is 13.0 Å². The summed E-state index contributed by atoms with van der Waals surface area (Å²) < 4.78 is 10.8. The largest absolute Gasteiger partial charge is 0.669 e. The Labute approximate surface area is 155 Å². The molecular weight excluding hydrogens is 357 g/mol. The van der Waals surface area contributed by atoms with Crippen molar-refractivity contribution in [2.45, 2.75) is 38.6 Å². The first-order valence-electron chi connectivity index (χ1n) is 8.78. The van der Waals surface area contributed by atoms with Gasteiger partial charge in [-0.2, -0.15) is 0 Å². The minimum Gasteiger partial charge on any atom is -0.669 e. The van der Waals surface area contributed by atoms with Crippen LogP contribution < -0.4 is 9.39 Å². The molecule has 0 unspecified atom stereocenters. The molecule has 3 N–H and O–H groups in total. The summed E-state index contributed by atoms with van der Waals surface area (Å²) in [5.74, 6) is -1.54. The smallest absolute Gasteiger partial charge is 0.430 e. The molecule has 1 fully saturated rings. The zero-order valence-corrected chi connectivity index (χ0v) is 14.9. The zero-order valence-electron chi connectivity index (χ0n) is 14.9. The molecule has 0 spiro atoms. The van der Waals surface area contributed by atoms with Crippen LogP contribution in [-0.4, -0.2) is 63.7 Å². The van der Waals surface area contributed by atoms with E-state index in [4.69, 9.17) is 9.39 Å². The van der Waals surface area contributed by atoms with Crippen LogP contribution in [0.3, 0.4) is 0 Å². The summed E-state index contributed by atoms with van der Waals surface area (Å²) in [4.78, 5) is 36.1. The van der Waals surface area contributed by atoms with E-state index in [0.29, 0.717) is 18.7 Å². The van der Waals surface area contributed by atoms with E-state index >= 15 is 0 Å². The second-order valence-electron chi connectivity index (χ2n) is 6.99. The summed E-state index contributed by atoms with van der Waals surface area (Å²) >= 11 is 0. The van der Waals surface area contributed by atoms with Crippen LogP contribution in [0.15, 0.2) is 12.1 Å². The number of carboxylic acid groups (broad SMARTS) is 1. The fourth-order valence-electron chi connectivity index (χ4n) is 3.17. The van der Waals surface area contributed by atoms with Crippen LogP contribution in [0, 0.1) is 0 Å². The molecule has 1 saturated heterocycles. The Morgan fingerprint density at radius 2 is 1.96 bits per heavy atom. The van der Waals surface area contributed by atoms with Gasteiger partial charge in [0.2, 0.25) is 5.91 Å². The number of aryl methyl sites for hydroxylation is 1. The van der Waals surface area contributed by atoms with Gasteiger partial charge in [-0.25, -0.2) is 4.79 Å². The maximum Gasteiger partial charge on any atom is 0.430 e. The molecule has 3 rings (SSSR count). The van der Waals surface area contributed by atoms with E-state index in [1.54, 1.807) is 11.0 Å².